The van der Waals surface area contributed by atoms with Crippen LogP contribution < -0.4 is 0 Å². The lowest BCUT2D eigenvalue weighted by molar-refractivity contribution is -0.105. The molecule has 0 amide bonds. The lowest BCUT2D eigenvalue weighted by Gasteiger charge is -2.35. The third-order valence-corrected chi connectivity index (χ3v) is 7.55. The Labute approximate surface area is 191 Å². The van der Waals surface area contributed by atoms with Gasteiger partial charge in [-0.2, -0.15) is 0 Å². The van der Waals surface area contributed by atoms with Gasteiger partial charge in [0.15, 0.2) is 0 Å². The van der Waals surface area contributed by atoms with Crippen LogP contribution in [0.1, 0.15) is 24.8 Å². The maximum absolute atomic E-state index is 10.9. The second-order valence-corrected chi connectivity index (χ2v) is 9.97. The van der Waals surface area contributed by atoms with Crippen molar-refractivity contribution in [1.29, 1.82) is 0 Å². The standard InChI is InChI=1S/C26H33N3OS/c1-27-15-13-25(14-16-27)28(2)19-21-3-5-23(6-4-21)24-7-9-26(10-8-24)31-29-17-11-22(20-30)12-18-29/h3-11,20,25H,12-19H2,1-2H3. The monoisotopic (exact) mass is 435 g/mol. The number of carbonyl (C=O) groups is 1. The van der Waals surface area contributed by atoms with Crippen molar-refractivity contribution >= 4 is 18.2 Å². The van der Waals surface area contributed by atoms with Gasteiger partial charge >= 0.3 is 0 Å². The molecule has 1 saturated heterocycles. The van der Waals surface area contributed by atoms with Gasteiger partial charge in [0.05, 0.1) is 0 Å². The van der Waals surface area contributed by atoms with Crippen LogP contribution in [0.15, 0.2) is 65.1 Å². The van der Waals surface area contributed by atoms with E-state index in [9.17, 15) is 4.79 Å². The summed E-state index contributed by atoms with van der Waals surface area (Å²) in [5, 5.41) is 0. The van der Waals surface area contributed by atoms with Crippen LogP contribution in [0, 0.1) is 0 Å². The van der Waals surface area contributed by atoms with E-state index in [4.69, 9.17) is 0 Å². The molecule has 0 spiro atoms. The van der Waals surface area contributed by atoms with E-state index in [2.05, 4.69) is 76.7 Å². The smallest absolute Gasteiger partial charge is 0.145 e. The van der Waals surface area contributed by atoms with Crippen molar-refractivity contribution in [2.45, 2.75) is 36.7 Å². The Kier molecular flexibility index (Phi) is 7.62. The zero-order chi connectivity index (χ0) is 21.6. The van der Waals surface area contributed by atoms with E-state index in [1.165, 1.54) is 47.5 Å². The number of nitrogens with zero attached hydrogens (tertiary/aromatic N) is 3. The molecule has 0 radical (unpaired) electrons. The normalized spacial score (nSPS) is 18.9. The molecule has 2 heterocycles. The molecule has 0 unspecified atom stereocenters. The summed E-state index contributed by atoms with van der Waals surface area (Å²) >= 11 is 1.77. The zero-order valence-corrected chi connectivity index (χ0v) is 19.5. The number of rotatable bonds is 7. The fraction of sp³-hybridized carbons (Fsp3) is 0.423. The summed E-state index contributed by atoms with van der Waals surface area (Å²) in [6.45, 7) is 5.17. The molecule has 0 atom stereocenters. The first-order valence-electron chi connectivity index (χ1n) is 11.3. The maximum atomic E-state index is 10.9. The van der Waals surface area contributed by atoms with Gasteiger partial charge in [0.1, 0.15) is 6.29 Å². The summed E-state index contributed by atoms with van der Waals surface area (Å²) in [6, 6.07) is 18.5. The SMILES string of the molecule is CN1CCC(N(C)Cc2ccc(-c3ccc(SN4CC=C(C=O)CC4)cc3)cc2)CC1. The van der Waals surface area contributed by atoms with Crippen LogP contribution in [-0.2, 0) is 11.3 Å². The number of likely N-dealkylation sites (tertiary alicyclic amines) is 1. The maximum Gasteiger partial charge on any atom is 0.145 e. The van der Waals surface area contributed by atoms with E-state index >= 15 is 0 Å². The Morgan fingerprint density at radius 2 is 1.65 bits per heavy atom. The molecule has 0 aromatic heterocycles. The van der Waals surface area contributed by atoms with Gasteiger partial charge in [-0.1, -0.05) is 42.5 Å². The quantitative estimate of drug-likeness (QED) is 0.463. The first kappa shape index (κ1) is 22.3. The molecule has 0 aliphatic carbocycles. The second kappa shape index (κ2) is 10.6. The van der Waals surface area contributed by atoms with Crippen LogP contribution in [0.4, 0.5) is 0 Å². The van der Waals surface area contributed by atoms with Crippen molar-refractivity contribution in [3.8, 4) is 11.1 Å². The number of hydrogen-bond donors (Lipinski definition) is 0. The molecule has 5 heteroatoms. The number of hydrogen-bond acceptors (Lipinski definition) is 5. The fourth-order valence-corrected chi connectivity index (χ4v) is 5.26. The average Bonchev–Trinajstić information content (AvgIpc) is 2.81. The predicted octanol–water partition coefficient (Wildman–Crippen LogP) is 4.72. The van der Waals surface area contributed by atoms with Crippen LogP contribution in [0.5, 0.6) is 0 Å². The molecule has 2 aliphatic heterocycles. The Bertz CT molecular complexity index is 886. The number of benzene rings is 2. The Morgan fingerprint density at radius 3 is 2.23 bits per heavy atom. The third-order valence-electron chi connectivity index (χ3n) is 6.48. The summed E-state index contributed by atoms with van der Waals surface area (Å²) in [5.41, 5.74) is 4.82. The van der Waals surface area contributed by atoms with Crippen LogP contribution in [0.3, 0.4) is 0 Å². The van der Waals surface area contributed by atoms with Crippen molar-refractivity contribution in [3.05, 3.63) is 65.7 Å². The fourth-order valence-electron chi connectivity index (χ4n) is 4.37. The predicted molar refractivity (Wildman–Crippen MR) is 130 cm³/mol. The van der Waals surface area contributed by atoms with Crippen molar-refractivity contribution in [2.75, 3.05) is 40.3 Å². The first-order valence-corrected chi connectivity index (χ1v) is 12.0. The minimum atomic E-state index is 0.696. The first-order chi connectivity index (χ1) is 15.1. The van der Waals surface area contributed by atoms with Crippen molar-refractivity contribution < 1.29 is 4.79 Å². The summed E-state index contributed by atoms with van der Waals surface area (Å²) in [5.74, 6) is 0. The second-order valence-electron chi connectivity index (χ2n) is 8.80. The average molecular weight is 436 g/mol. The molecule has 1 fully saturated rings. The minimum Gasteiger partial charge on any atom is -0.306 e. The van der Waals surface area contributed by atoms with Crippen molar-refractivity contribution in [2.24, 2.45) is 0 Å². The molecule has 164 valence electrons. The molecule has 31 heavy (non-hydrogen) atoms. The molecule has 0 bridgehead atoms. The molecule has 0 N–H and O–H groups in total. The van der Waals surface area contributed by atoms with E-state index in [1.807, 2.05) is 6.08 Å². The van der Waals surface area contributed by atoms with Crippen LogP contribution in [0.25, 0.3) is 11.1 Å². The summed E-state index contributed by atoms with van der Waals surface area (Å²) in [4.78, 5) is 17.0. The van der Waals surface area contributed by atoms with E-state index in [0.29, 0.717) is 6.04 Å². The van der Waals surface area contributed by atoms with Gasteiger partial charge in [-0.05, 0) is 92.8 Å². The highest BCUT2D eigenvalue weighted by Gasteiger charge is 2.20. The lowest BCUT2D eigenvalue weighted by atomic mass is 10.0. The molecular formula is C26H33N3OS. The van der Waals surface area contributed by atoms with E-state index in [-0.39, 0.29) is 0 Å². The molecule has 2 aromatic rings. The van der Waals surface area contributed by atoms with Crippen molar-refractivity contribution in [1.82, 2.24) is 14.1 Å². The van der Waals surface area contributed by atoms with Gasteiger partial charge in [0.2, 0.25) is 0 Å². The van der Waals surface area contributed by atoms with Crippen molar-refractivity contribution in [3.63, 3.8) is 0 Å². The van der Waals surface area contributed by atoms with Gasteiger partial charge in [-0.3, -0.25) is 9.69 Å². The summed E-state index contributed by atoms with van der Waals surface area (Å²) in [7, 11) is 4.48. The highest BCUT2D eigenvalue weighted by Crippen LogP contribution is 2.28. The van der Waals surface area contributed by atoms with E-state index < -0.39 is 0 Å². The molecule has 2 aliphatic rings. The summed E-state index contributed by atoms with van der Waals surface area (Å²) in [6.07, 6.45) is 6.38. The molecular weight excluding hydrogens is 402 g/mol. The van der Waals surface area contributed by atoms with Gasteiger partial charge in [0.25, 0.3) is 0 Å². The number of piperidine rings is 1. The van der Waals surface area contributed by atoms with Gasteiger partial charge in [0, 0.05) is 30.6 Å². The highest BCUT2D eigenvalue weighted by atomic mass is 32.2. The Morgan fingerprint density at radius 1 is 1.00 bits per heavy atom. The minimum absolute atomic E-state index is 0.696. The third kappa shape index (κ3) is 6.07. The zero-order valence-electron chi connectivity index (χ0n) is 18.7. The molecule has 0 saturated carbocycles. The Hall–Kier alpha value is -1.92. The largest absolute Gasteiger partial charge is 0.306 e. The van der Waals surface area contributed by atoms with E-state index in [1.54, 1.807) is 11.9 Å². The number of aldehydes is 1. The number of carbonyl (C=O) groups excluding carboxylic acids is 1. The van der Waals surface area contributed by atoms with E-state index in [0.717, 1.165) is 37.9 Å². The van der Waals surface area contributed by atoms with Crippen LogP contribution >= 0.6 is 11.9 Å². The van der Waals surface area contributed by atoms with Gasteiger partial charge < -0.3 is 4.90 Å². The molecule has 4 nitrogen and oxygen atoms in total. The topological polar surface area (TPSA) is 26.8 Å². The van der Waals surface area contributed by atoms with Gasteiger partial charge in [-0.15, -0.1) is 0 Å². The lowest BCUT2D eigenvalue weighted by Crippen LogP contribution is -2.41. The molecule has 4 rings (SSSR count). The Balaban J connectivity index is 1.31. The van der Waals surface area contributed by atoms with Crippen LogP contribution in [-0.4, -0.2) is 66.7 Å². The summed E-state index contributed by atoms with van der Waals surface area (Å²) < 4.78 is 2.30. The molecule has 2 aromatic carbocycles. The van der Waals surface area contributed by atoms with Crippen LogP contribution in [0.2, 0.25) is 0 Å². The van der Waals surface area contributed by atoms with Gasteiger partial charge in [-0.25, -0.2) is 4.31 Å². The highest BCUT2D eigenvalue weighted by molar-refractivity contribution is 7.97.